The Hall–Kier alpha value is -1.50. The van der Waals surface area contributed by atoms with Gasteiger partial charge in [0, 0.05) is 37.4 Å². The normalized spacial score (nSPS) is 29.0. The highest BCUT2D eigenvalue weighted by Crippen LogP contribution is 2.28. The van der Waals surface area contributed by atoms with E-state index in [2.05, 4.69) is 4.98 Å². The molecule has 1 aromatic heterocycles. The van der Waals surface area contributed by atoms with E-state index in [4.69, 9.17) is 10.5 Å². The number of aromatic nitrogens is 1. The highest BCUT2D eigenvalue weighted by Gasteiger charge is 2.37. The predicted octanol–water partition coefficient (Wildman–Crippen LogP) is 0.687. The van der Waals surface area contributed by atoms with Crippen LogP contribution in [0.25, 0.3) is 0 Å². The molecule has 1 aliphatic heterocycles. The second kappa shape index (κ2) is 7.38. The summed E-state index contributed by atoms with van der Waals surface area (Å²) in [5.41, 5.74) is 6.88. The molecule has 6 heteroatoms. The van der Waals surface area contributed by atoms with Crippen LogP contribution in [0, 0.1) is 5.92 Å². The third-order valence-electron chi connectivity index (χ3n) is 4.89. The van der Waals surface area contributed by atoms with E-state index in [1.807, 2.05) is 23.2 Å². The van der Waals surface area contributed by atoms with Gasteiger partial charge < -0.3 is 20.5 Å². The van der Waals surface area contributed by atoms with Gasteiger partial charge in [0.1, 0.15) is 0 Å². The number of carbonyl (C=O) groups is 1. The van der Waals surface area contributed by atoms with Gasteiger partial charge in [0.25, 0.3) is 0 Å². The van der Waals surface area contributed by atoms with Crippen LogP contribution < -0.4 is 5.73 Å². The van der Waals surface area contributed by atoms with E-state index in [0.717, 1.165) is 31.5 Å². The third-order valence-corrected chi connectivity index (χ3v) is 4.89. The van der Waals surface area contributed by atoms with Crippen molar-refractivity contribution in [3.8, 4) is 0 Å². The number of aliphatic hydroxyl groups excluding tert-OH is 1. The number of aliphatic hydroxyl groups is 1. The first-order valence-electron chi connectivity index (χ1n) is 8.36. The number of hydrogen-bond acceptors (Lipinski definition) is 5. The summed E-state index contributed by atoms with van der Waals surface area (Å²) in [5, 5.41) is 9.71. The number of rotatable bonds is 4. The van der Waals surface area contributed by atoms with E-state index in [-0.39, 0.29) is 24.0 Å². The molecule has 2 heterocycles. The van der Waals surface area contributed by atoms with E-state index < -0.39 is 6.10 Å². The minimum absolute atomic E-state index is 0.118. The summed E-state index contributed by atoms with van der Waals surface area (Å²) in [5.74, 6) is 0.0237. The Morgan fingerprint density at radius 3 is 2.78 bits per heavy atom. The number of nitrogens with two attached hydrogens (primary N) is 1. The molecule has 23 heavy (non-hydrogen) atoms. The van der Waals surface area contributed by atoms with Gasteiger partial charge in [0.2, 0.25) is 5.91 Å². The van der Waals surface area contributed by atoms with Gasteiger partial charge >= 0.3 is 0 Å². The van der Waals surface area contributed by atoms with Gasteiger partial charge in [-0.05, 0) is 37.3 Å². The highest BCUT2D eigenvalue weighted by molar-refractivity contribution is 5.79. The molecule has 1 saturated carbocycles. The van der Waals surface area contributed by atoms with E-state index in [0.29, 0.717) is 19.4 Å². The summed E-state index contributed by atoms with van der Waals surface area (Å²) in [7, 11) is 0. The van der Waals surface area contributed by atoms with Crippen molar-refractivity contribution in [1.29, 1.82) is 0 Å². The number of ether oxygens (including phenoxy) is 1. The van der Waals surface area contributed by atoms with Crippen molar-refractivity contribution >= 4 is 5.91 Å². The SMILES string of the molecule is N[C@@H]1C[C@H](C(=O)N2CCC(OCc3cccnc3)CC2)C[C@H]1O. The molecule has 1 amide bonds. The Kier molecular flexibility index (Phi) is 5.25. The highest BCUT2D eigenvalue weighted by atomic mass is 16.5. The molecular weight excluding hydrogens is 294 g/mol. The fraction of sp³-hybridized carbons (Fsp3) is 0.647. The lowest BCUT2D eigenvalue weighted by atomic mass is 10.0. The van der Waals surface area contributed by atoms with Gasteiger partial charge in [-0.2, -0.15) is 0 Å². The molecule has 3 rings (SSSR count). The van der Waals surface area contributed by atoms with E-state index in [1.54, 1.807) is 6.20 Å². The largest absolute Gasteiger partial charge is 0.391 e. The monoisotopic (exact) mass is 319 g/mol. The molecular formula is C17H25N3O3. The molecule has 6 nitrogen and oxygen atoms in total. The van der Waals surface area contributed by atoms with Crippen LogP contribution in [0.3, 0.4) is 0 Å². The smallest absolute Gasteiger partial charge is 0.225 e. The lowest BCUT2D eigenvalue weighted by molar-refractivity contribution is -0.138. The van der Waals surface area contributed by atoms with Crippen LogP contribution in [0.5, 0.6) is 0 Å². The van der Waals surface area contributed by atoms with Gasteiger partial charge in [-0.25, -0.2) is 0 Å². The minimum Gasteiger partial charge on any atom is -0.391 e. The van der Waals surface area contributed by atoms with E-state index in [9.17, 15) is 9.90 Å². The van der Waals surface area contributed by atoms with Crippen molar-refractivity contribution < 1.29 is 14.6 Å². The maximum Gasteiger partial charge on any atom is 0.225 e. The van der Waals surface area contributed by atoms with Crippen LogP contribution in [0.15, 0.2) is 24.5 Å². The molecule has 126 valence electrons. The van der Waals surface area contributed by atoms with Crippen LogP contribution in [0.2, 0.25) is 0 Å². The zero-order chi connectivity index (χ0) is 16.2. The van der Waals surface area contributed by atoms with E-state index >= 15 is 0 Å². The first-order chi connectivity index (χ1) is 11.1. The van der Waals surface area contributed by atoms with Crippen LogP contribution in [0.1, 0.15) is 31.2 Å². The Balaban J connectivity index is 1.42. The Morgan fingerprint density at radius 2 is 2.17 bits per heavy atom. The van der Waals surface area contributed by atoms with Gasteiger partial charge in [0.15, 0.2) is 0 Å². The third kappa shape index (κ3) is 4.07. The Morgan fingerprint density at radius 1 is 1.39 bits per heavy atom. The van der Waals surface area contributed by atoms with Gasteiger partial charge in [-0.3, -0.25) is 9.78 Å². The first-order valence-corrected chi connectivity index (χ1v) is 8.36. The lowest BCUT2D eigenvalue weighted by Crippen LogP contribution is -2.43. The van der Waals surface area contributed by atoms with E-state index in [1.165, 1.54) is 0 Å². The molecule has 2 fully saturated rings. The summed E-state index contributed by atoms with van der Waals surface area (Å²) in [6.07, 6.45) is 6.02. The fourth-order valence-corrected chi connectivity index (χ4v) is 3.45. The summed E-state index contributed by atoms with van der Waals surface area (Å²) in [6.45, 7) is 2.01. The summed E-state index contributed by atoms with van der Waals surface area (Å²) < 4.78 is 5.92. The maximum atomic E-state index is 12.5. The fourth-order valence-electron chi connectivity index (χ4n) is 3.45. The van der Waals surface area contributed by atoms with Gasteiger partial charge in [0.05, 0.1) is 18.8 Å². The molecule has 3 atom stereocenters. The predicted molar refractivity (Wildman–Crippen MR) is 85.3 cm³/mol. The molecule has 3 N–H and O–H groups in total. The number of hydrogen-bond donors (Lipinski definition) is 2. The number of nitrogens with zero attached hydrogens (tertiary/aromatic N) is 2. The summed E-state index contributed by atoms with van der Waals surface area (Å²) >= 11 is 0. The zero-order valence-electron chi connectivity index (χ0n) is 13.3. The Bertz CT molecular complexity index is 507. The minimum atomic E-state index is -0.538. The second-order valence-corrected chi connectivity index (χ2v) is 6.60. The number of piperidine rings is 1. The van der Waals surface area contributed by atoms with Crippen molar-refractivity contribution in [3.63, 3.8) is 0 Å². The molecule has 1 aliphatic carbocycles. The number of likely N-dealkylation sites (tertiary alicyclic amines) is 1. The molecule has 0 radical (unpaired) electrons. The van der Waals surface area contributed by atoms with Crippen molar-refractivity contribution in [3.05, 3.63) is 30.1 Å². The van der Waals surface area contributed by atoms with Crippen LogP contribution >= 0.6 is 0 Å². The van der Waals surface area contributed by atoms with Gasteiger partial charge in [-0.15, -0.1) is 0 Å². The lowest BCUT2D eigenvalue weighted by Gasteiger charge is -2.33. The van der Waals surface area contributed by atoms with Crippen molar-refractivity contribution in [1.82, 2.24) is 9.88 Å². The number of amides is 1. The Labute approximate surface area is 136 Å². The summed E-state index contributed by atoms with van der Waals surface area (Å²) in [6, 6.07) is 3.64. The topological polar surface area (TPSA) is 88.7 Å². The second-order valence-electron chi connectivity index (χ2n) is 6.60. The van der Waals surface area contributed by atoms with Crippen molar-refractivity contribution in [2.75, 3.05) is 13.1 Å². The number of pyridine rings is 1. The summed E-state index contributed by atoms with van der Waals surface area (Å²) in [4.78, 5) is 18.5. The maximum absolute atomic E-state index is 12.5. The molecule has 1 saturated heterocycles. The van der Waals surface area contributed by atoms with Crippen LogP contribution in [0.4, 0.5) is 0 Å². The molecule has 0 spiro atoms. The average molecular weight is 319 g/mol. The van der Waals surface area contributed by atoms with Crippen molar-refractivity contribution in [2.24, 2.45) is 11.7 Å². The number of carbonyl (C=O) groups excluding carboxylic acids is 1. The van der Waals surface area contributed by atoms with Crippen molar-refractivity contribution in [2.45, 2.75) is 50.5 Å². The molecule has 1 aromatic rings. The first kappa shape index (κ1) is 16.4. The molecule has 0 unspecified atom stereocenters. The zero-order valence-corrected chi connectivity index (χ0v) is 13.3. The quantitative estimate of drug-likeness (QED) is 0.852. The standard InChI is InChI=1S/C17H25N3O3/c18-15-8-13(9-16(15)21)17(22)20-6-3-14(4-7-20)23-11-12-2-1-5-19-10-12/h1-2,5,10,13-16,21H,3-4,6-9,11,18H2/t13-,15+,16+/m0/s1. The average Bonchev–Trinajstić information content (AvgIpc) is 2.93. The van der Waals surface area contributed by atoms with Crippen LogP contribution in [-0.2, 0) is 16.1 Å². The molecule has 0 aromatic carbocycles. The molecule has 0 bridgehead atoms. The molecule has 2 aliphatic rings. The van der Waals surface area contributed by atoms with Crippen LogP contribution in [-0.4, -0.2) is 52.2 Å². The van der Waals surface area contributed by atoms with Gasteiger partial charge in [-0.1, -0.05) is 6.07 Å².